The van der Waals surface area contributed by atoms with Gasteiger partial charge in [0.05, 0.1) is 9.58 Å². The molecule has 9 heteroatoms. The lowest BCUT2D eigenvalue weighted by Gasteiger charge is -2.22. The van der Waals surface area contributed by atoms with Crippen LogP contribution in [-0.4, -0.2) is 48.0 Å². The van der Waals surface area contributed by atoms with Crippen LogP contribution in [0.15, 0.2) is 6.07 Å². The average Bonchev–Trinajstić information content (AvgIpc) is 3.21. The van der Waals surface area contributed by atoms with E-state index in [1.807, 2.05) is 11.0 Å². The minimum atomic E-state index is 0. The second kappa shape index (κ2) is 9.20. The first kappa shape index (κ1) is 21.4. The molecule has 0 bridgehead atoms. The maximum Gasteiger partial charge on any atom is 0.264 e. The van der Waals surface area contributed by atoms with Crippen molar-refractivity contribution in [2.45, 2.75) is 32.7 Å². The molecule has 24 heavy (non-hydrogen) atoms. The lowest BCUT2D eigenvalue weighted by Crippen LogP contribution is -2.39. The predicted octanol–water partition coefficient (Wildman–Crippen LogP) is 3.61. The molecule has 2 aromatic rings. The molecule has 136 valence electrons. The summed E-state index contributed by atoms with van der Waals surface area (Å²) in [5.41, 5.74) is 5.77. The topological polar surface area (TPSA) is 62.5 Å². The van der Waals surface area contributed by atoms with E-state index in [-0.39, 0.29) is 36.8 Å². The summed E-state index contributed by atoms with van der Waals surface area (Å²) in [6.45, 7) is 7.55. The first-order valence-electron chi connectivity index (χ1n) is 7.84. The third-order valence-corrected chi connectivity index (χ3v) is 6.44. The molecule has 0 aromatic carbocycles. The van der Waals surface area contributed by atoms with Crippen molar-refractivity contribution in [1.29, 1.82) is 0 Å². The van der Waals surface area contributed by atoms with E-state index in [9.17, 15) is 4.79 Å². The van der Waals surface area contributed by atoms with Gasteiger partial charge >= 0.3 is 0 Å². The fraction of sp³-hybridized carbons (Fsp3) is 0.600. The Hall–Kier alpha value is -0.600. The number of fused-ring (bicyclic) bond motifs is 1. The number of amides is 1. The van der Waals surface area contributed by atoms with Crippen molar-refractivity contribution in [3.8, 4) is 0 Å². The maximum atomic E-state index is 12.7. The van der Waals surface area contributed by atoms with E-state index in [1.54, 1.807) is 11.3 Å². The number of hydrogen-bond acceptors (Lipinski definition) is 6. The number of halogens is 2. The van der Waals surface area contributed by atoms with Gasteiger partial charge in [-0.2, -0.15) is 0 Å². The van der Waals surface area contributed by atoms with Gasteiger partial charge in [0.25, 0.3) is 5.91 Å². The van der Waals surface area contributed by atoms with Gasteiger partial charge in [0.15, 0.2) is 5.13 Å². The molecule has 3 heterocycles. The van der Waals surface area contributed by atoms with Crippen LogP contribution in [0.1, 0.15) is 36.4 Å². The van der Waals surface area contributed by atoms with Crippen LogP contribution in [0.25, 0.3) is 9.53 Å². The zero-order chi connectivity index (χ0) is 15.7. The Morgan fingerprint density at radius 2 is 2.08 bits per heavy atom. The molecule has 2 N–H and O–H groups in total. The molecule has 1 saturated heterocycles. The molecule has 1 fully saturated rings. The largest absolute Gasteiger partial charge is 0.349 e. The van der Waals surface area contributed by atoms with Crippen molar-refractivity contribution in [3.05, 3.63) is 10.9 Å². The van der Waals surface area contributed by atoms with E-state index in [1.165, 1.54) is 11.3 Å². The molecule has 3 rings (SSSR count). The van der Waals surface area contributed by atoms with Crippen LogP contribution in [0, 0.1) is 0 Å². The molecule has 1 unspecified atom stereocenters. The molecular formula is C15H24Cl2N4OS2. The zero-order valence-corrected chi connectivity index (χ0v) is 17.1. The van der Waals surface area contributed by atoms with Crippen molar-refractivity contribution >= 4 is 68.1 Å². The number of thiophene rings is 1. The minimum Gasteiger partial charge on any atom is -0.349 e. The Labute approximate surface area is 163 Å². The Morgan fingerprint density at radius 3 is 2.67 bits per heavy atom. The van der Waals surface area contributed by atoms with Crippen molar-refractivity contribution in [1.82, 2.24) is 9.88 Å². The number of rotatable bonds is 5. The van der Waals surface area contributed by atoms with E-state index in [2.05, 4.69) is 18.7 Å². The van der Waals surface area contributed by atoms with Crippen LogP contribution in [0.2, 0.25) is 0 Å². The van der Waals surface area contributed by atoms with Crippen molar-refractivity contribution in [2.75, 3.05) is 31.1 Å². The predicted molar refractivity (Wildman–Crippen MR) is 109 cm³/mol. The standard InChI is InChI=1S/C15H22N4OS2.2ClH/c1-3-18(4-2)15-17-13-11(22-15)8-12(21-13)14(20)19-7-5-6-10(19)9-16;;/h8,10H,3-7,9,16H2,1-2H3;2*1H. The molecule has 1 amide bonds. The smallest absolute Gasteiger partial charge is 0.264 e. The summed E-state index contributed by atoms with van der Waals surface area (Å²) in [5, 5.41) is 1.05. The number of likely N-dealkylation sites (tertiary alicyclic amines) is 1. The zero-order valence-electron chi connectivity index (χ0n) is 13.9. The van der Waals surface area contributed by atoms with Crippen molar-refractivity contribution in [2.24, 2.45) is 5.73 Å². The highest BCUT2D eigenvalue weighted by atomic mass is 35.5. The second-order valence-electron chi connectivity index (χ2n) is 5.48. The van der Waals surface area contributed by atoms with Gasteiger partial charge in [0, 0.05) is 32.2 Å². The molecule has 1 aliphatic rings. The number of anilines is 1. The highest BCUT2D eigenvalue weighted by molar-refractivity contribution is 7.29. The summed E-state index contributed by atoms with van der Waals surface area (Å²) in [6, 6.07) is 2.20. The number of thiazole rings is 1. The van der Waals surface area contributed by atoms with Crippen LogP contribution in [-0.2, 0) is 0 Å². The average molecular weight is 411 g/mol. The second-order valence-corrected chi connectivity index (χ2v) is 7.52. The van der Waals surface area contributed by atoms with Gasteiger partial charge in [-0.15, -0.1) is 36.2 Å². The van der Waals surface area contributed by atoms with Crippen LogP contribution < -0.4 is 10.6 Å². The quantitative estimate of drug-likeness (QED) is 0.817. The van der Waals surface area contributed by atoms with Gasteiger partial charge in [-0.1, -0.05) is 11.3 Å². The highest BCUT2D eigenvalue weighted by Crippen LogP contribution is 2.35. The minimum absolute atomic E-state index is 0. The van der Waals surface area contributed by atoms with Gasteiger partial charge in [-0.25, -0.2) is 4.98 Å². The van der Waals surface area contributed by atoms with Crippen LogP contribution in [0.5, 0.6) is 0 Å². The van der Waals surface area contributed by atoms with Gasteiger partial charge in [-0.3, -0.25) is 4.79 Å². The van der Waals surface area contributed by atoms with E-state index in [0.29, 0.717) is 6.54 Å². The maximum absolute atomic E-state index is 12.7. The third-order valence-electron chi connectivity index (χ3n) is 4.23. The summed E-state index contributed by atoms with van der Waals surface area (Å²) < 4.78 is 1.11. The van der Waals surface area contributed by atoms with Crippen molar-refractivity contribution < 1.29 is 4.79 Å². The van der Waals surface area contributed by atoms with Gasteiger partial charge in [-0.05, 0) is 32.8 Å². The normalized spacial score (nSPS) is 16.8. The first-order chi connectivity index (χ1) is 10.7. The number of carbonyl (C=O) groups excluding carboxylic acids is 1. The fourth-order valence-electron chi connectivity index (χ4n) is 2.95. The lowest BCUT2D eigenvalue weighted by molar-refractivity contribution is 0.0746. The lowest BCUT2D eigenvalue weighted by atomic mass is 10.2. The van der Waals surface area contributed by atoms with Gasteiger partial charge < -0.3 is 15.5 Å². The highest BCUT2D eigenvalue weighted by Gasteiger charge is 2.29. The summed E-state index contributed by atoms with van der Waals surface area (Å²) in [7, 11) is 0. The number of nitrogens with two attached hydrogens (primary N) is 1. The van der Waals surface area contributed by atoms with Gasteiger partial charge in [0.1, 0.15) is 4.83 Å². The van der Waals surface area contributed by atoms with E-state index in [4.69, 9.17) is 10.7 Å². The summed E-state index contributed by atoms with van der Waals surface area (Å²) in [5.74, 6) is 0.118. The SMILES string of the molecule is CCN(CC)c1nc2sc(C(=O)N3CCCC3CN)cc2s1.Cl.Cl. The third kappa shape index (κ3) is 3.96. The van der Waals surface area contributed by atoms with Crippen LogP contribution in [0.4, 0.5) is 5.13 Å². The summed E-state index contributed by atoms with van der Waals surface area (Å²) in [6.07, 6.45) is 2.07. The monoisotopic (exact) mass is 410 g/mol. The van der Waals surface area contributed by atoms with Gasteiger partial charge in [0.2, 0.25) is 0 Å². The molecule has 1 aliphatic heterocycles. The number of nitrogens with zero attached hydrogens (tertiary/aromatic N) is 3. The number of hydrogen-bond donors (Lipinski definition) is 1. The summed E-state index contributed by atoms with van der Waals surface area (Å²) in [4.78, 5) is 23.3. The van der Waals surface area contributed by atoms with Crippen LogP contribution in [0.3, 0.4) is 0 Å². The Morgan fingerprint density at radius 1 is 1.38 bits per heavy atom. The Kier molecular flexibility index (Phi) is 8.22. The molecule has 5 nitrogen and oxygen atoms in total. The van der Waals surface area contributed by atoms with E-state index in [0.717, 1.165) is 52.0 Å². The Balaban J connectivity index is 0.00000144. The van der Waals surface area contributed by atoms with Crippen LogP contribution >= 0.6 is 47.5 Å². The Bertz CT molecular complexity index is 640. The molecule has 1 atom stereocenters. The molecule has 0 radical (unpaired) electrons. The molecular weight excluding hydrogens is 387 g/mol. The number of aromatic nitrogens is 1. The fourth-order valence-corrected chi connectivity index (χ4v) is 5.24. The van der Waals surface area contributed by atoms with Crippen molar-refractivity contribution in [3.63, 3.8) is 0 Å². The van der Waals surface area contributed by atoms with E-state index >= 15 is 0 Å². The van der Waals surface area contributed by atoms with E-state index < -0.39 is 0 Å². The molecule has 0 saturated carbocycles. The molecule has 0 spiro atoms. The summed E-state index contributed by atoms with van der Waals surface area (Å²) >= 11 is 3.18. The molecule has 0 aliphatic carbocycles. The molecule has 2 aromatic heterocycles. The number of carbonyl (C=O) groups is 1. The first-order valence-corrected chi connectivity index (χ1v) is 9.47.